The first kappa shape index (κ1) is 15.0. The van der Waals surface area contributed by atoms with E-state index in [2.05, 4.69) is 4.72 Å². The lowest BCUT2D eigenvalue weighted by atomic mass is 10.2. The molecule has 0 atom stereocenters. The van der Waals surface area contributed by atoms with E-state index in [-0.39, 0.29) is 16.1 Å². The van der Waals surface area contributed by atoms with Crippen LogP contribution in [0.1, 0.15) is 15.9 Å². The van der Waals surface area contributed by atoms with Crippen molar-refractivity contribution in [1.29, 1.82) is 0 Å². The molecule has 7 heteroatoms. The van der Waals surface area contributed by atoms with Gasteiger partial charge >= 0.3 is 5.97 Å². The van der Waals surface area contributed by atoms with E-state index in [9.17, 15) is 17.6 Å². The predicted molar refractivity (Wildman–Crippen MR) is 75.3 cm³/mol. The maximum absolute atomic E-state index is 13.0. The molecule has 2 aromatic carbocycles. The number of rotatable bonds is 4. The summed E-state index contributed by atoms with van der Waals surface area (Å²) in [7, 11) is -3.94. The summed E-state index contributed by atoms with van der Waals surface area (Å²) in [5.41, 5.74) is 0.527. The van der Waals surface area contributed by atoms with Crippen LogP contribution in [0.15, 0.2) is 47.4 Å². The number of aromatic carboxylic acids is 1. The zero-order valence-electron chi connectivity index (χ0n) is 11.0. The molecule has 0 aliphatic carbocycles. The average molecular weight is 309 g/mol. The van der Waals surface area contributed by atoms with E-state index in [4.69, 9.17) is 5.11 Å². The topological polar surface area (TPSA) is 83.5 Å². The smallest absolute Gasteiger partial charge is 0.335 e. The first-order valence-electron chi connectivity index (χ1n) is 5.92. The van der Waals surface area contributed by atoms with Crippen molar-refractivity contribution in [1.82, 2.24) is 0 Å². The molecular formula is C14H12FNO4S. The molecule has 0 fully saturated rings. The first-order valence-corrected chi connectivity index (χ1v) is 7.40. The zero-order chi connectivity index (χ0) is 15.6. The minimum Gasteiger partial charge on any atom is -0.478 e. The van der Waals surface area contributed by atoms with E-state index in [0.717, 1.165) is 12.1 Å². The van der Waals surface area contributed by atoms with Crippen LogP contribution in [-0.2, 0) is 10.0 Å². The molecule has 5 nitrogen and oxygen atoms in total. The maximum atomic E-state index is 13.0. The third kappa shape index (κ3) is 3.38. The van der Waals surface area contributed by atoms with E-state index in [1.807, 2.05) is 0 Å². The van der Waals surface area contributed by atoms with E-state index in [1.54, 1.807) is 6.92 Å². The summed E-state index contributed by atoms with van der Waals surface area (Å²) >= 11 is 0. The van der Waals surface area contributed by atoms with Crippen molar-refractivity contribution in [2.75, 3.05) is 4.72 Å². The molecule has 2 N–H and O–H groups in total. The van der Waals surface area contributed by atoms with E-state index in [0.29, 0.717) is 5.56 Å². The molecule has 0 spiro atoms. The molecule has 110 valence electrons. The number of halogens is 1. The second kappa shape index (κ2) is 5.53. The Morgan fingerprint density at radius 1 is 1.19 bits per heavy atom. The van der Waals surface area contributed by atoms with Crippen LogP contribution in [0, 0.1) is 12.7 Å². The fourth-order valence-corrected chi connectivity index (χ4v) is 2.92. The number of benzene rings is 2. The van der Waals surface area contributed by atoms with Gasteiger partial charge in [-0.2, -0.15) is 0 Å². The lowest BCUT2D eigenvalue weighted by Gasteiger charge is -2.11. The summed E-state index contributed by atoms with van der Waals surface area (Å²) in [6.45, 7) is 1.56. The van der Waals surface area contributed by atoms with Crippen molar-refractivity contribution < 1.29 is 22.7 Å². The summed E-state index contributed by atoms with van der Waals surface area (Å²) in [5.74, 6) is -1.69. The number of hydrogen-bond acceptors (Lipinski definition) is 3. The summed E-state index contributed by atoms with van der Waals surface area (Å²) < 4.78 is 39.7. The Hall–Kier alpha value is -2.41. The normalized spacial score (nSPS) is 11.1. The van der Waals surface area contributed by atoms with Gasteiger partial charge in [-0.1, -0.05) is 6.07 Å². The third-order valence-corrected chi connectivity index (χ3v) is 4.19. The Morgan fingerprint density at radius 2 is 1.90 bits per heavy atom. The molecule has 0 radical (unpaired) electrons. The van der Waals surface area contributed by atoms with Crippen LogP contribution in [-0.4, -0.2) is 19.5 Å². The van der Waals surface area contributed by atoms with Gasteiger partial charge in [0.05, 0.1) is 16.1 Å². The van der Waals surface area contributed by atoms with Gasteiger partial charge in [0.1, 0.15) is 5.82 Å². The van der Waals surface area contributed by atoms with Crippen LogP contribution in [0.4, 0.5) is 10.1 Å². The molecule has 0 saturated carbocycles. The summed E-state index contributed by atoms with van der Waals surface area (Å²) in [6.07, 6.45) is 0. The van der Waals surface area contributed by atoms with Gasteiger partial charge in [0.2, 0.25) is 0 Å². The van der Waals surface area contributed by atoms with Crippen molar-refractivity contribution in [3.63, 3.8) is 0 Å². The molecular weight excluding hydrogens is 297 g/mol. The Labute approximate surface area is 121 Å². The number of carboxylic acid groups (broad SMARTS) is 1. The largest absolute Gasteiger partial charge is 0.478 e. The van der Waals surface area contributed by atoms with E-state index in [1.165, 1.54) is 30.3 Å². The van der Waals surface area contributed by atoms with Crippen molar-refractivity contribution in [2.45, 2.75) is 11.8 Å². The Bertz CT molecular complexity index is 802. The third-order valence-electron chi connectivity index (χ3n) is 2.82. The highest BCUT2D eigenvalue weighted by Crippen LogP contribution is 2.21. The minimum absolute atomic E-state index is 0.131. The Kier molecular flexibility index (Phi) is 3.95. The van der Waals surface area contributed by atoms with Gasteiger partial charge in [0, 0.05) is 0 Å². The molecule has 2 rings (SSSR count). The molecule has 0 aliphatic heterocycles. The number of sulfonamides is 1. The predicted octanol–water partition coefficient (Wildman–Crippen LogP) is 2.63. The molecule has 0 aliphatic rings. The Morgan fingerprint density at radius 3 is 2.52 bits per heavy atom. The number of nitrogens with one attached hydrogen (secondary N) is 1. The molecule has 0 aromatic heterocycles. The van der Waals surface area contributed by atoms with Gasteiger partial charge in [-0.05, 0) is 48.9 Å². The summed E-state index contributed by atoms with van der Waals surface area (Å²) in [5, 5.41) is 8.88. The molecule has 0 bridgehead atoms. The van der Waals surface area contributed by atoms with Crippen LogP contribution >= 0.6 is 0 Å². The first-order chi connectivity index (χ1) is 9.79. The average Bonchev–Trinajstić information content (AvgIpc) is 2.42. The number of hydrogen-bond donors (Lipinski definition) is 2. The second-order valence-corrected chi connectivity index (χ2v) is 6.08. The van der Waals surface area contributed by atoms with Crippen molar-refractivity contribution in [3.8, 4) is 0 Å². The van der Waals surface area contributed by atoms with Crippen LogP contribution in [0.2, 0.25) is 0 Å². The van der Waals surface area contributed by atoms with Crippen molar-refractivity contribution in [2.24, 2.45) is 0 Å². The number of anilines is 1. The van der Waals surface area contributed by atoms with Gasteiger partial charge in [-0.15, -0.1) is 0 Å². The number of carbonyl (C=O) groups is 1. The fraction of sp³-hybridized carbons (Fsp3) is 0.0714. The quantitative estimate of drug-likeness (QED) is 0.909. The highest BCUT2D eigenvalue weighted by Gasteiger charge is 2.17. The number of carboxylic acids is 1. The van der Waals surface area contributed by atoms with Crippen LogP contribution in [0.25, 0.3) is 0 Å². The van der Waals surface area contributed by atoms with E-state index < -0.39 is 21.8 Å². The molecule has 21 heavy (non-hydrogen) atoms. The second-order valence-electron chi connectivity index (χ2n) is 4.40. The summed E-state index contributed by atoms with van der Waals surface area (Å²) in [6, 6.07) is 8.63. The van der Waals surface area contributed by atoms with Crippen LogP contribution in [0.3, 0.4) is 0 Å². The van der Waals surface area contributed by atoms with Crippen molar-refractivity contribution in [3.05, 3.63) is 59.4 Å². The standard InChI is InChI=1S/C14H12FNO4S/c1-9-7-11(15)5-6-13(9)16-21(19,20)12-4-2-3-10(8-12)14(17)18/h2-8,16H,1H3,(H,17,18). The fourth-order valence-electron chi connectivity index (χ4n) is 1.74. The molecule has 0 heterocycles. The van der Waals surface area contributed by atoms with Crippen LogP contribution in [0.5, 0.6) is 0 Å². The van der Waals surface area contributed by atoms with Gasteiger partial charge in [-0.25, -0.2) is 17.6 Å². The van der Waals surface area contributed by atoms with E-state index >= 15 is 0 Å². The lowest BCUT2D eigenvalue weighted by molar-refractivity contribution is 0.0696. The highest BCUT2D eigenvalue weighted by molar-refractivity contribution is 7.92. The minimum atomic E-state index is -3.94. The van der Waals surface area contributed by atoms with Gasteiger partial charge in [-0.3, -0.25) is 4.72 Å². The summed E-state index contributed by atoms with van der Waals surface area (Å²) in [4.78, 5) is 10.7. The van der Waals surface area contributed by atoms with Crippen LogP contribution < -0.4 is 4.72 Å². The SMILES string of the molecule is Cc1cc(F)ccc1NS(=O)(=O)c1cccc(C(=O)O)c1. The highest BCUT2D eigenvalue weighted by atomic mass is 32.2. The van der Waals surface area contributed by atoms with Gasteiger partial charge in [0.15, 0.2) is 0 Å². The molecule has 0 amide bonds. The van der Waals surface area contributed by atoms with Gasteiger partial charge in [0.25, 0.3) is 10.0 Å². The molecule has 2 aromatic rings. The zero-order valence-corrected chi connectivity index (χ0v) is 11.8. The number of aryl methyl sites for hydroxylation is 1. The van der Waals surface area contributed by atoms with Gasteiger partial charge < -0.3 is 5.11 Å². The van der Waals surface area contributed by atoms with Crippen molar-refractivity contribution >= 4 is 21.7 Å². The maximum Gasteiger partial charge on any atom is 0.335 e. The molecule has 0 unspecified atom stereocenters. The molecule has 0 saturated heterocycles. The lowest BCUT2D eigenvalue weighted by Crippen LogP contribution is -2.14. The Balaban J connectivity index is 2.38. The monoisotopic (exact) mass is 309 g/mol.